The van der Waals surface area contributed by atoms with E-state index in [-0.39, 0.29) is 6.17 Å². The molecule has 0 aromatic heterocycles. The fourth-order valence-electron chi connectivity index (χ4n) is 14.4. The van der Waals surface area contributed by atoms with E-state index in [4.69, 9.17) is 4.74 Å². The van der Waals surface area contributed by atoms with Crippen molar-refractivity contribution in [2.75, 3.05) is 6.61 Å². The Labute approximate surface area is 336 Å². The average Bonchev–Trinajstić information content (AvgIpc) is 3.96. The van der Waals surface area contributed by atoms with Gasteiger partial charge in [-0.2, -0.15) is 0 Å². The van der Waals surface area contributed by atoms with Gasteiger partial charge in [0, 0.05) is 12.5 Å². The van der Waals surface area contributed by atoms with Crippen molar-refractivity contribution in [2.45, 2.75) is 236 Å². The van der Waals surface area contributed by atoms with Crippen molar-refractivity contribution in [3.8, 4) is 0 Å². The van der Waals surface area contributed by atoms with E-state index in [2.05, 4.69) is 49.5 Å². The molecule has 8 N–H and O–H groups in total. The molecular formula is C46H84N8O. The van der Waals surface area contributed by atoms with Gasteiger partial charge in [0.1, 0.15) is 0 Å². The molecule has 0 aromatic carbocycles. The Morgan fingerprint density at radius 2 is 0.636 bits per heavy atom. The van der Waals surface area contributed by atoms with Crippen LogP contribution in [0.25, 0.3) is 0 Å². The Morgan fingerprint density at radius 1 is 0.327 bits per heavy atom. The van der Waals surface area contributed by atoms with Gasteiger partial charge in [-0.05, 0) is 99.2 Å². The zero-order valence-corrected chi connectivity index (χ0v) is 35.0. The van der Waals surface area contributed by atoms with E-state index in [1.165, 1.54) is 173 Å². The van der Waals surface area contributed by atoms with E-state index in [0.717, 1.165) is 18.4 Å². The molecule has 314 valence electrons. The number of hydrogen-bond acceptors (Lipinski definition) is 9. The highest BCUT2D eigenvalue weighted by atomic mass is 16.5. The van der Waals surface area contributed by atoms with E-state index in [0.29, 0.717) is 84.8 Å². The predicted octanol–water partition coefficient (Wildman–Crippen LogP) is 7.30. The summed E-state index contributed by atoms with van der Waals surface area (Å²) in [5, 5.41) is 34.3. The summed E-state index contributed by atoms with van der Waals surface area (Å²) in [5.41, 5.74) is 0. The van der Waals surface area contributed by atoms with Crippen molar-refractivity contribution in [3.05, 3.63) is 0 Å². The molecule has 9 heteroatoms. The van der Waals surface area contributed by atoms with Gasteiger partial charge >= 0.3 is 0 Å². The van der Waals surface area contributed by atoms with E-state index >= 15 is 0 Å². The van der Waals surface area contributed by atoms with Crippen LogP contribution in [-0.4, -0.2) is 62.0 Å². The maximum absolute atomic E-state index is 7.01. The van der Waals surface area contributed by atoms with Crippen LogP contribution in [0.3, 0.4) is 0 Å². The highest BCUT2D eigenvalue weighted by Crippen LogP contribution is 2.46. The van der Waals surface area contributed by atoms with Gasteiger partial charge in [0.05, 0.1) is 55.4 Å². The van der Waals surface area contributed by atoms with Gasteiger partial charge in [-0.25, -0.2) is 0 Å². The molecule has 4 saturated carbocycles. The molecule has 17 unspecified atom stereocenters. The number of hydrogen-bond donors (Lipinski definition) is 8. The molecule has 4 aliphatic carbocycles. The van der Waals surface area contributed by atoms with Crippen molar-refractivity contribution in [3.63, 3.8) is 0 Å². The summed E-state index contributed by atoms with van der Waals surface area (Å²) in [6, 6.07) is 0. The first-order valence-corrected chi connectivity index (χ1v) is 24.9. The molecule has 8 bridgehead atoms. The molecular weight excluding hydrogens is 681 g/mol. The summed E-state index contributed by atoms with van der Waals surface area (Å²) in [6.45, 7) is 3.25. The van der Waals surface area contributed by atoms with Crippen molar-refractivity contribution >= 4 is 0 Å². The summed E-state index contributed by atoms with van der Waals surface area (Å²) in [6.07, 6.45) is 40.2. The molecule has 5 heterocycles. The Kier molecular flexibility index (Phi) is 14.1. The van der Waals surface area contributed by atoms with Crippen molar-refractivity contribution in [1.29, 1.82) is 0 Å². The highest BCUT2D eigenvalue weighted by molar-refractivity contribution is 5.09. The molecule has 0 radical (unpaired) electrons. The molecule has 0 aromatic rings. The van der Waals surface area contributed by atoms with Crippen LogP contribution in [0, 0.1) is 47.3 Å². The molecule has 9 fully saturated rings. The second kappa shape index (κ2) is 19.4. The number of unbranched alkanes of at least 4 members (excludes halogenated alkanes) is 11. The van der Waals surface area contributed by atoms with Gasteiger partial charge < -0.3 is 4.74 Å². The number of nitrogens with one attached hydrogen (secondary N) is 8. The average molecular weight is 765 g/mol. The maximum Gasteiger partial charge on any atom is 0.0653 e. The van der Waals surface area contributed by atoms with Crippen LogP contribution in [0.1, 0.15) is 180 Å². The molecule has 0 amide bonds. The lowest BCUT2D eigenvalue weighted by atomic mass is 9.75. The molecule has 9 rings (SSSR count). The van der Waals surface area contributed by atoms with Crippen LogP contribution in [0.4, 0.5) is 0 Å². The standard InChI is InChI=1S/C46H84N8O/c1-2-3-4-5-6-7-8-9-10-11-12-19-29-55-37-28-20-27-36-38(37)46-53-44-35-26-18-17-25-34(35)42(51-44)49-40-31-22-14-13-21-30(31)39(47-40)48-41-32-23-15-16-24-33(32)43(50-41)52-45(36)54-46/h30-54H,2-29H2,1H3. The Morgan fingerprint density at radius 3 is 1.02 bits per heavy atom. The second-order valence-electron chi connectivity index (χ2n) is 20.5. The first-order chi connectivity index (χ1) is 27.2. The lowest BCUT2D eigenvalue weighted by Gasteiger charge is -2.39. The molecule has 5 aliphatic heterocycles. The van der Waals surface area contributed by atoms with Crippen LogP contribution in [0.15, 0.2) is 0 Å². The third kappa shape index (κ3) is 9.06. The normalized spacial score (nSPS) is 46.5. The predicted molar refractivity (Wildman–Crippen MR) is 223 cm³/mol. The van der Waals surface area contributed by atoms with Gasteiger partial charge in [0.2, 0.25) is 0 Å². The van der Waals surface area contributed by atoms with Crippen LogP contribution < -0.4 is 42.5 Å². The minimum Gasteiger partial charge on any atom is -0.378 e. The monoisotopic (exact) mass is 765 g/mol. The van der Waals surface area contributed by atoms with E-state index < -0.39 is 0 Å². The number of ether oxygens (including phenoxy) is 1. The Balaban J connectivity index is 0.875. The van der Waals surface area contributed by atoms with Crippen LogP contribution >= 0.6 is 0 Å². The quantitative estimate of drug-likeness (QED) is 0.0866. The van der Waals surface area contributed by atoms with Crippen LogP contribution in [0.5, 0.6) is 0 Å². The van der Waals surface area contributed by atoms with Gasteiger partial charge in [0.25, 0.3) is 0 Å². The molecule has 17 atom stereocenters. The summed E-state index contributed by atoms with van der Waals surface area (Å²) in [5.74, 6) is 5.36. The van der Waals surface area contributed by atoms with E-state index in [1.54, 1.807) is 0 Å². The van der Waals surface area contributed by atoms with Crippen molar-refractivity contribution in [2.24, 2.45) is 47.3 Å². The zero-order valence-electron chi connectivity index (χ0n) is 35.0. The smallest absolute Gasteiger partial charge is 0.0653 e. The second-order valence-corrected chi connectivity index (χ2v) is 20.5. The Bertz CT molecular complexity index is 1170. The topological polar surface area (TPSA) is 105 Å². The summed E-state index contributed by atoms with van der Waals surface area (Å²) < 4.78 is 7.01. The largest absolute Gasteiger partial charge is 0.378 e. The summed E-state index contributed by atoms with van der Waals surface area (Å²) in [4.78, 5) is 0. The zero-order chi connectivity index (χ0) is 37.0. The molecule has 55 heavy (non-hydrogen) atoms. The fraction of sp³-hybridized carbons (Fsp3) is 1.00. The first kappa shape index (κ1) is 40.1. The third-order valence-electron chi connectivity index (χ3n) is 17.2. The third-order valence-corrected chi connectivity index (χ3v) is 17.2. The molecule has 9 aliphatic rings. The number of rotatable bonds is 14. The lowest BCUT2D eigenvalue weighted by Crippen LogP contribution is -2.62. The minimum atomic E-state index is 0.274. The SMILES string of the molecule is CCCCCCCCCCCCCCOC1CCCC2C3NC4NC(NC5NC(NC6NC(NC(N3)C12)C1CCCCC61)C1CCCCC51)C1CCCCC41. The molecule has 9 nitrogen and oxygen atoms in total. The van der Waals surface area contributed by atoms with Crippen LogP contribution in [0.2, 0.25) is 0 Å². The van der Waals surface area contributed by atoms with Gasteiger partial charge in [0.15, 0.2) is 0 Å². The number of fused-ring (bicyclic) bond motifs is 20. The lowest BCUT2D eigenvalue weighted by molar-refractivity contribution is -0.0385. The van der Waals surface area contributed by atoms with Crippen LogP contribution in [-0.2, 0) is 4.74 Å². The van der Waals surface area contributed by atoms with Crippen molar-refractivity contribution in [1.82, 2.24) is 42.5 Å². The van der Waals surface area contributed by atoms with Crippen molar-refractivity contribution < 1.29 is 4.74 Å². The maximum atomic E-state index is 7.01. The van der Waals surface area contributed by atoms with Gasteiger partial charge in [-0.15, -0.1) is 0 Å². The fourth-order valence-corrected chi connectivity index (χ4v) is 14.4. The molecule has 5 saturated heterocycles. The van der Waals surface area contributed by atoms with E-state index in [1.807, 2.05) is 0 Å². The summed E-state index contributed by atoms with van der Waals surface area (Å²) in [7, 11) is 0. The first-order valence-electron chi connectivity index (χ1n) is 24.9. The minimum absolute atomic E-state index is 0.274. The molecule has 0 spiro atoms. The van der Waals surface area contributed by atoms with E-state index in [9.17, 15) is 0 Å². The Hall–Kier alpha value is -0.360. The van der Waals surface area contributed by atoms with Gasteiger partial charge in [-0.1, -0.05) is 122 Å². The van der Waals surface area contributed by atoms with Gasteiger partial charge in [-0.3, -0.25) is 42.5 Å². The summed E-state index contributed by atoms with van der Waals surface area (Å²) >= 11 is 0. The highest BCUT2D eigenvalue weighted by Gasteiger charge is 2.55.